The molecule has 4 heteroatoms. The van der Waals surface area contributed by atoms with Crippen LogP contribution in [0.2, 0.25) is 0 Å². The predicted molar refractivity (Wildman–Crippen MR) is 124 cm³/mol. The summed E-state index contributed by atoms with van der Waals surface area (Å²) in [5.41, 5.74) is -1.09. The lowest BCUT2D eigenvalue weighted by molar-refractivity contribution is -0.877. The predicted octanol–water partition coefficient (Wildman–Crippen LogP) is 6.33. The first-order chi connectivity index (χ1) is 13.7. The minimum absolute atomic E-state index is 0.159. The summed E-state index contributed by atoms with van der Waals surface area (Å²) in [5, 5.41) is 19.8. The van der Waals surface area contributed by atoms with E-state index in [1.165, 1.54) is 77.0 Å². The number of nitrogens with zero attached hydrogens (tertiary/aromatic N) is 1. The third kappa shape index (κ3) is 20.2. The molecular formula is C25H50NO3+. The number of carbonyl (C=O) groups is 1. The van der Waals surface area contributed by atoms with Gasteiger partial charge in [0.05, 0.1) is 27.6 Å². The quantitative estimate of drug-likeness (QED) is 0.140. The van der Waals surface area contributed by atoms with Crippen LogP contribution >= 0.6 is 0 Å². The largest absolute Gasteiger partial charge is 0.481 e. The number of aliphatic carboxylic acids is 1. The molecule has 0 saturated heterocycles. The SMILES string of the molecule is CCCCCCCC/C=C\CCCCCCCC[C@@](O)(CC(=O)O)C[N+](C)(C)C. The Morgan fingerprint density at radius 1 is 0.793 bits per heavy atom. The maximum absolute atomic E-state index is 11.1. The molecule has 0 spiro atoms. The fourth-order valence-electron chi connectivity index (χ4n) is 4.09. The highest BCUT2D eigenvalue weighted by Crippen LogP contribution is 2.23. The van der Waals surface area contributed by atoms with Crippen molar-refractivity contribution < 1.29 is 19.5 Å². The molecular weight excluding hydrogens is 362 g/mol. The zero-order chi connectivity index (χ0) is 22.0. The van der Waals surface area contributed by atoms with Gasteiger partial charge in [0, 0.05) is 0 Å². The summed E-state index contributed by atoms with van der Waals surface area (Å²) >= 11 is 0. The maximum atomic E-state index is 11.1. The second-order valence-electron chi connectivity index (χ2n) is 9.93. The van der Waals surface area contributed by atoms with Crippen molar-refractivity contribution in [1.29, 1.82) is 0 Å². The molecule has 29 heavy (non-hydrogen) atoms. The fourth-order valence-corrected chi connectivity index (χ4v) is 4.09. The van der Waals surface area contributed by atoms with Gasteiger partial charge in [0.2, 0.25) is 0 Å². The molecule has 0 fully saturated rings. The van der Waals surface area contributed by atoms with Gasteiger partial charge < -0.3 is 14.7 Å². The Bertz CT molecular complexity index is 428. The number of rotatable bonds is 20. The molecule has 0 aliphatic carbocycles. The number of likely N-dealkylation sites (N-methyl/N-ethyl adjacent to an activating group) is 1. The van der Waals surface area contributed by atoms with Crippen LogP contribution in [0.3, 0.4) is 0 Å². The molecule has 0 bridgehead atoms. The Kier molecular flexibility index (Phi) is 16.4. The van der Waals surface area contributed by atoms with Crippen molar-refractivity contribution >= 4 is 5.97 Å². The Labute approximate surface area is 181 Å². The molecule has 172 valence electrons. The van der Waals surface area contributed by atoms with E-state index < -0.39 is 11.6 Å². The highest BCUT2D eigenvalue weighted by atomic mass is 16.4. The van der Waals surface area contributed by atoms with Gasteiger partial charge in [-0.2, -0.15) is 0 Å². The number of carboxylic acid groups (broad SMARTS) is 1. The molecule has 0 aromatic carbocycles. The van der Waals surface area contributed by atoms with E-state index in [0.717, 1.165) is 12.8 Å². The van der Waals surface area contributed by atoms with Gasteiger partial charge >= 0.3 is 5.97 Å². The van der Waals surface area contributed by atoms with Crippen LogP contribution in [0.25, 0.3) is 0 Å². The Morgan fingerprint density at radius 2 is 1.24 bits per heavy atom. The van der Waals surface area contributed by atoms with E-state index in [1.807, 2.05) is 21.1 Å². The zero-order valence-electron chi connectivity index (χ0n) is 19.9. The van der Waals surface area contributed by atoms with Crippen molar-refractivity contribution in [3.8, 4) is 0 Å². The topological polar surface area (TPSA) is 57.5 Å². The van der Waals surface area contributed by atoms with Gasteiger partial charge in [-0.15, -0.1) is 0 Å². The highest BCUT2D eigenvalue weighted by molar-refractivity contribution is 5.68. The average Bonchev–Trinajstić information content (AvgIpc) is 2.59. The molecule has 0 radical (unpaired) electrons. The van der Waals surface area contributed by atoms with Gasteiger partial charge in [-0.3, -0.25) is 4.79 Å². The molecule has 1 atom stereocenters. The Morgan fingerprint density at radius 3 is 1.69 bits per heavy atom. The first-order valence-electron chi connectivity index (χ1n) is 12.1. The summed E-state index contributed by atoms with van der Waals surface area (Å²) in [6, 6.07) is 0. The first-order valence-corrected chi connectivity index (χ1v) is 12.1. The lowest BCUT2D eigenvalue weighted by atomic mass is 9.91. The van der Waals surface area contributed by atoms with Crippen LogP contribution in [0.15, 0.2) is 12.2 Å². The Hall–Kier alpha value is -0.870. The molecule has 0 heterocycles. The molecule has 0 aromatic heterocycles. The van der Waals surface area contributed by atoms with Crippen molar-refractivity contribution in [2.24, 2.45) is 0 Å². The molecule has 0 amide bonds. The summed E-state index contributed by atoms with van der Waals surface area (Å²) < 4.78 is 0.580. The molecule has 2 N–H and O–H groups in total. The lowest BCUT2D eigenvalue weighted by Gasteiger charge is -2.34. The van der Waals surface area contributed by atoms with Crippen LogP contribution in [0.1, 0.15) is 110 Å². The van der Waals surface area contributed by atoms with E-state index in [2.05, 4.69) is 19.1 Å². The van der Waals surface area contributed by atoms with Crippen LogP contribution in [-0.4, -0.2) is 54.0 Å². The molecule has 0 aromatic rings. The number of hydrogen-bond donors (Lipinski definition) is 2. The lowest BCUT2D eigenvalue weighted by Crippen LogP contribution is -2.50. The van der Waals surface area contributed by atoms with Crippen molar-refractivity contribution in [1.82, 2.24) is 0 Å². The van der Waals surface area contributed by atoms with E-state index >= 15 is 0 Å². The highest BCUT2D eigenvalue weighted by Gasteiger charge is 2.35. The molecule has 4 nitrogen and oxygen atoms in total. The van der Waals surface area contributed by atoms with E-state index in [1.54, 1.807) is 0 Å². The van der Waals surface area contributed by atoms with E-state index in [9.17, 15) is 9.90 Å². The maximum Gasteiger partial charge on any atom is 0.306 e. The summed E-state index contributed by atoms with van der Waals surface area (Å²) in [4.78, 5) is 11.1. The van der Waals surface area contributed by atoms with Crippen molar-refractivity contribution in [2.75, 3.05) is 27.7 Å². The van der Waals surface area contributed by atoms with Crippen LogP contribution in [0, 0.1) is 0 Å². The van der Waals surface area contributed by atoms with E-state index in [0.29, 0.717) is 17.4 Å². The number of carboxylic acids is 1. The van der Waals surface area contributed by atoms with Crippen LogP contribution < -0.4 is 0 Å². The van der Waals surface area contributed by atoms with Crippen LogP contribution in [0.5, 0.6) is 0 Å². The molecule has 0 unspecified atom stereocenters. The Balaban J connectivity index is 3.65. The monoisotopic (exact) mass is 412 g/mol. The molecule has 0 saturated carbocycles. The summed E-state index contributed by atoms with van der Waals surface area (Å²) in [6.07, 6.45) is 22.7. The number of allylic oxidation sites excluding steroid dienone is 2. The third-order valence-electron chi connectivity index (χ3n) is 5.40. The van der Waals surface area contributed by atoms with E-state index in [4.69, 9.17) is 5.11 Å². The summed E-state index contributed by atoms with van der Waals surface area (Å²) in [7, 11) is 5.98. The minimum Gasteiger partial charge on any atom is -0.481 e. The summed E-state index contributed by atoms with van der Waals surface area (Å²) in [6.45, 7) is 2.74. The fraction of sp³-hybridized carbons (Fsp3) is 0.880. The van der Waals surface area contributed by atoms with Crippen molar-refractivity contribution in [3.05, 3.63) is 12.2 Å². The normalized spacial score (nSPS) is 14.4. The van der Waals surface area contributed by atoms with Crippen LogP contribution in [-0.2, 0) is 4.79 Å². The molecule has 0 aliphatic rings. The number of quaternary nitrogens is 1. The number of hydrogen-bond acceptors (Lipinski definition) is 2. The van der Waals surface area contributed by atoms with Gasteiger partial charge in [-0.25, -0.2) is 0 Å². The second-order valence-corrected chi connectivity index (χ2v) is 9.93. The van der Waals surface area contributed by atoms with Gasteiger partial charge in [0.1, 0.15) is 12.1 Å². The van der Waals surface area contributed by atoms with Crippen LogP contribution in [0.4, 0.5) is 0 Å². The molecule has 0 rings (SSSR count). The van der Waals surface area contributed by atoms with Gasteiger partial charge in [-0.05, 0) is 32.1 Å². The standard InChI is InChI=1S/C25H49NO3/c1-5-6-7-8-9-10-11-12-13-14-15-16-17-18-19-20-21-25(29,22-24(27)28)23-26(2,3)4/h12-13,29H,5-11,14-23H2,1-4H3/p+1/b13-12-/t25-/m1/s1. The first kappa shape index (κ1) is 28.1. The number of aliphatic hydroxyl groups is 1. The third-order valence-corrected chi connectivity index (χ3v) is 5.40. The summed E-state index contributed by atoms with van der Waals surface area (Å²) in [5.74, 6) is -0.912. The van der Waals surface area contributed by atoms with Crippen molar-refractivity contribution in [2.45, 2.75) is 115 Å². The van der Waals surface area contributed by atoms with E-state index in [-0.39, 0.29) is 6.42 Å². The second kappa shape index (κ2) is 16.9. The van der Waals surface area contributed by atoms with Gasteiger partial charge in [0.15, 0.2) is 0 Å². The number of unbranched alkanes of at least 4 members (excludes halogenated alkanes) is 12. The van der Waals surface area contributed by atoms with Crippen molar-refractivity contribution in [3.63, 3.8) is 0 Å². The van der Waals surface area contributed by atoms with Gasteiger partial charge in [0.25, 0.3) is 0 Å². The molecule has 0 aliphatic heterocycles. The average molecular weight is 413 g/mol. The zero-order valence-corrected chi connectivity index (χ0v) is 19.9. The smallest absolute Gasteiger partial charge is 0.306 e. The minimum atomic E-state index is -1.09. The van der Waals surface area contributed by atoms with Gasteiger partial charge in [-0.1, -0.05) is 83.3 Å².